The van der Waals surface area contributed by atoms with Crippen LogP contribution in [-0.2, 0) is 16.1 Å². The highest BCUT2D eigenvalue weighted by molar-refractivity contribution is 6.47. The number of benzene rings is 3. The number of ketones is 1. The lowest BCUT2D eigenvalue weighted by atomic mass is 9.95. The third kappa shape index (κ3) is 4.37. The SMILES string of the molecule is CCOc1ccc(Cl)c(/C(O)=C2\C(=O)C(=O)N(Cc3ccccc3OC)C2c2ccccc2)c1. The number of Topliss-reactive ketones (excluding diaryl/α,β-unsaturated/α-hetero) is 1. The molecule has 1 heterocycles. The predicted octanol–water partition coefficient (Wildman–Crippen LogP) is 5.37. The van der Waals surface area contributed by atoms with Gasteiger partial charge < -0.3 is 19.5 Å². The summed E-state index contributed by atoms with van der Waals surface area (Å²) in [7, 11) is 1.55. The van der Waals surface area contributed by atoms with Gasteiger partial charge >= 0.3 is 0 Å². The minimum absolute atomic E-state index is 0.0263. The van der Waals surface area contributed by atoms with Gasteiger partial charge in [-0.3, -0.25) is 9.59 Å². The van der Waals surface area contributed by atoms with Gasteiger partial charge in [0.15, 0.2) is 0 Å². The fourth-order valence-electron chi connectivity index (χ4n) is 4.13. The summed E-state index contributed by atoms with van der Waals surface area (Å²) < 4.78 is 11.0. The van der Waals surface area contributed by atoms with Crippen molar-refractivity contribution in [3.05, 3.63) is 100 Å². The average molecular weight is 478 g/mol. The van der Waals surface area contributed by atoms with E-state index in [1.807, 2.05) is 55.5 Å². The second-order valence-corrected chi connectivity index (χ2v) is 8.13. The molecule has 1 saturated heterocycles. The number of halogens is 1. The molecule has 174 valence electrons. The van der Waals surface area contributed by atoms with Gasteiger partial charge in [0.1, 0.15) is 17.3 Å². The van der Waals surface area contributed by atoms with E-state index in [4.69, 9.17) is 21.1 Å². The molecule has 0 aromatic heterocycles. The number of para-hydroxylation sites is 1. The molecule has 1 unspecified atom stereocenters. The summed E-state index contributed by atoms with van der Waals surface area (Å²) >= 11 is 6.38. The van der Waals surface area contributed by atoms with Crippen LogP contribution in [0.1, 0.15) is 29.7 Å². The molecule has 7 heteroatoms. The number of methoxy groups -OCH3 is 1. The van der Waals surface area contributed by atoms with E-state index in [2.05, 4.69) is 0 Å². The van der Waals surface area contributed by atoms with E-state index in [9.17, 15) is 14.7 Å². The molecule has 0 aliphatic carbocycles. The van der Waals surface area contributed by atoms with Crippen molar-refractivity contribution >= 4 is 29.1 Å². The summed E-state index contributed by atoms with van der Waals surface area (Å²) in [5.74, 6) is -0.740. The molecule has 1 N–H and O–H groups in total. The third-order valence-electron chi connectivity index (χ3n) is 5.69. The maximum absolute atomic E-state index is 13.3. The molecule has 1 aliphatic rings. The quantitative estimate of drug-likeness (QED) is 0.281. The standard InChI is InChI=1S/C27H24ClNO5/c1-3-34-19-13-14-21(28)20(15-19)25(30)23-24(17-9-5-4-6-10-17)29(27(32)26(23)31)16-18-11-7-8-12-22(18)33-2/h4-15,24,30H,3,16H2,1-2H3/b25-23+. The number of amides is 1. The molecule has 1 aliphatic heterocycles. The van der Waals surface area contributed by atoms with Crippen LogP contribution in [0.5, 0.6) is 11.5 Å². The van der Waals surface area contributed by atoms with Gasteiger partial charge in [-0.2, -0.15) is 0 Å². The molecule has 1 atom stereocenters. The number of nitrogens with zero attached hydrogens (tertiary/aromatic N) is 1. The molecule has 3 aromatic carbocycles. The van der Waals surface area contributed by atoms with Crippen molar-refractivity contribution in [3.8, 4) is 11.5 Å². The summed E-state index contributed by atoms with van der Waals surface area (Å²) in [5.41, 5.74) is 1.63. The van der Waals surface area contributed by atoms with Gasteiger partial charge in [0.05, 0.1) is 36.9 Å². The Labute approximate surface area is 203 Å². The van der Waals surface area contributed by atoms with Crippen LogP contribution < -0.4 is 9.47 Å². The fourth-order valence-corrected chi connectivity index (χ4v) is 4.34. The maximum Gasteiger partial charge on any atom is 0.295 e. The second kappa shape index (κ2) is 10.0. The maximum atomic E-state index is 13.3. The lowest BCUT2D eigenvalue weighted by Crippen LogP contribution is -2.29. The third-order valence-corrected chi connectivity index (χ3v) is 6.02. The fraction of sp³-hybridized carbons (Fsp3) is 0.185. The molecule has 1 amide bonds. The van der Waals surface area contributed by atoms with E-state index in [1.165, 1.54) is 4.90 Å². The lowest BCUT2D eigenvalue weighted by Gasteiger charge is -2.26. The van der Waals surface area contributed by atoms with Crippen molar-refractivity contribution < 1.29 is 24.2 Å². The Bertz CT molecular complexity index is 1250. The van der Waals surface area contributed by atoms with Gasteiger partial charge in [-0.15, -0.1) is 0 Å². The van der Waals surface area contributed by atoms with Crippen molar-refractivity contribution in [1.82, 2.24) is 4.90 Å². The zero-order valence-corrected chi connectivity index (χ0v) is 19.6. The monoisotopic (exact) mass is 477 g/mol. The Hall–Kier alpha value is -3.77. The van der Waals surface area contributed by atoms with Gasteiger partial charge in [0.25, 0.3) is 11.7 Å². The van der Waals surface area contributed by atoms with Gasteiger partial charge in [-0.1, -0.05) is 60.1 Å². The number of rotatable bonds is 7. The Morgan fingerprint density at radius 3 is 2.44 bits per heavy atom. The zero-order chi connectivity index (χ0) is 24.2. The Morgan fingerprint density at radius 1 is 1.03 bits per heavy atom. The van der Waals surface area contributed by atoms with Crippen LogP contribution in [0.15, 0.2) is 78.4 Å². The number of aliphatic hydroxyl groups is 1. The van der Waals surface area contributed by atoms with E-state index >= 15 is 0 Å². The average Bonchev–Trinajstić information content (AvgIpc) is 3.10. The summed E-state index contributed by atoms with van der Waals surface area (Å²) in [6.07, 6.45) is 0. The molecular formula is C27H24ClNO5. The highest BCUT2D eigenvalue weighted by Gasteiger charge is 2.46. The molecular weight excluding hydrogens is 454 g/mol. The van der Waals surface area contributed by atoms with E-state index in [0.29, 0.717) is 23.7 Å². The van der Waals surface area contributed by atoms with Crippen LogP contribution in [0.25, 0.3) is 5.76 Å². The van der Waals surface area contributed by atoms with Crippen molar-refractivity contribution in [1.29, 1.82) is 0 Å². The Morgan fingerprint density at radius 2 is 1.74 bits per heavy atom. The summed E-state index contributed by atoms with van der Waals surface area (Å²) in [6, 6.07) is 20.4. The number of carbonyl (C=O) groups excluding carboxylic acids is 2. The topological polar surface area (TPSA) is 76.1 Å². The lowest BCUT2D eigenvalue weighted by molar-refractivity contribution is -0.140. The molecule has 4 rings (SSSR count). The summed E-state index contributed by atoms with van der Waals surface area (Å²) in [5, 5.41) is 11.6. The molecule has 0 spiro atoms. The van der Waals surface area contributed by atoms with E-state index in [0.717, 1.165) is 5.56 Å². The van der Waals surface area contributed by atoms with Crippen LogP contribution in [0.4, 0.5) is 0 Å². The van der Waals surface area contributed by atoms with Gasteiger partial charge in [0, 0.05) is 11.1 Å². The van der Waals surface area contributed by atoms with Gasteiger partial charge in [-0.25, -0.2) is 0 Å². The number of aliphatic hydroxyl groups excluding tert-OH is 1. The second-order valence-electron chi connectivity index (χ2n) is 7.72. The summed E-state index contributed by atoms with van der Waals surface area (Å²) in [6.45, 7) is 2.39. The van der Waals surface area contributed by atoms with Crippen LogP contribution in [0, 0.1) is 0 Å². The van der Waals surface area contributed by atoms with Crippen LogP contribution in [-0.4, -0.2) is 35.4 Å². The number of hydrogen-bond donors (Lipinski definition) is 1. The summed E-state index contributed by atoms with van der Waals surface area (Å²) in [4.78, 5) is 27.9. The van der Waals surface area contributed by atoms with E-state index < -0.39 is 17.7 Å². The van der Waals surface area contributed by atoms with E-state index in [-0.39, 0.29) is 28.5 Å². The first kappa shape index (κ1) is 23.4. The van der Waals surface area contributed by atoms with Gasteiger partial charge in [-0.05, 0) is 36.8 Å². The normalized spacial score (nSPS) is 17.1. The number of carbonyl (C=O) groups is 2. The highest BCUT2D eigenvalue weighted by atomic mass is 35.5. The van der Waals surface area contributed by atoms with Gasteiger partial charge in [0.2, 0.25) is 0 Å². The van der Waals surface area contributed by atoms with E-state index in [1.54, 1.807) is 31.4 Å². The molecule has 0 bridgehead atoms. The minimum Gasteiger partial charge on any atom is -0.507 e. The first-order chi connectivity index (χ1) is 16.5. The number of ether oxygens (including phenoxy) is 2. The molecule has 6 nitrogen and oxygen atoms in total. The minimum atomic E-state index is -0.807. The van der Waals surface area contributed by atoms with Crippen molar-refractivity contribution in [2.24, 2.45) is 0 Å². The molecule has 0 saturated carbocycles. The van der Waals surface area contributed by atoms with Crippen molar-refractivity contribution in [3.63, 3.8) is 0 Å². The zero-order valence-electron chi connectivity index (χ0n) is 18.8. The molecule has 34 heavy (non-hydrogen) atoms. The molecule has 3 aromatic rings. The smallest absolute Gasteiger partial charge is 0.295 e. The number of likely N-dealkylation sites (tertiary alicyclic amines) is 1. The van der Waals surface area contributed by atoms with Crippen LogP contribution in [0.3, 0.4) is 0 Å². The van der Waals surface area contributed by atoms with Crippen molar-refractivity contribution in [2.75, 3.05) is 13.7 Å². The first-order valence-electron chi connectivity index (χ1n) is 10.8. The predicted molar refractivity (Wildman–Crippen MR) is 130 cm³/mol. The van der Waals surface area contributed by atoms with Crippen molar-refractivity contribution in [2.45, 2.75) is 19.5 Å². The Kier molecular flexibility index (Phi) is 6.89. The Balaban J connectivity index is 1.87. The van der Waals surface area contributed by atoms with Crippen LogP contribution >= 0.6 is 11.6 Å². The van der Waals surface area contributed by atoms with Crippen LogP contribution in [0.2, 0.25) is 5.02 Å². The number of hydrogen-bond acceptors (Lipinski definition) is 5. The molecule has 0 radical (unpaired) electrons. The first-order valence-corrected chi connectivity index (χ1v) is 11.2. The molecule has 1 fully saturated rings. The largest absolute Gasteiger partial charge is 0.507 e. The highest BCUT2D eigenvalue weighted by Crippen LogP contribution is 2.42.